The Hall–Kier alpha value is -2.02. The molecule has 0 heterocycles. The van der Waals surface area contributed by atoms with Crippen molar-refractivity contribution in [3.05, 3.63) is 29.3 Å². The molecule has 0 spiro atoms. The minimum atomic E-state index is -1.19. The molecule has 0 aliphatic carbocycles. The molecule has 7 heteroatoms. The van der Waals surface area contributed by atoms with Gasteiger partial charge in [-0.3, -0.25) is 9.59 Å². The number of amides is 2. The van der Waals surface area contributed by atoms with E-state index in [4.69, 9.17) is 10.8 Å². The predicted molar refractivity (Wildman–Crippen MR) is 80.3 cm³/mol. The number of rotatable bonds is 7. The second-order valence-electron chi connectivity index (χ2n) is 4.55. The predicted octanol–water partition coefficient (Wildman–Crippen LogP) is 1.17. The van der Waals surface area contributed by atoms with Crippen LogP contribution in [0.1, 0.15) is 28.8 Å². The van der Waals surface area contributed by atoms with Crippen LogP contribution in [0.25, 0.3) is 0 Å². The zero-order valence-electron chi connectivity index (χ0n) is 11.9. The van der Waals surface area contributed by atoms with Gasteiger partial charge in [-0.25, -0.2) is 4.79 Å². The fourth-order valence-corrected chi connectivity index (χ4v) is 2.19. The third-order valence-corrected chi connectivity index (χ3v) is 3.70. The van der Waals surface area contributed by atoms with Crippen molar-refractivity contribution in [1.82, 2.24) is 5.32 Å². The van der Waals surface area contributed by atoms with E-state index in [0.29, 0.717) is 5.56 Å². The fourth-order valence-electron chi connectivity index (χ4n) is 1.75. The fraction of sp³-hybridized carbons (Fsp3) is 0.357. The number of carbonyl (C=O) groups is 3. The second kappa shape index (κ2) is 7.68. The van der Waals surface area contributed by atoms with E-state index in [1.54, 1.807) is 19.1 Å². The van der Waals surface area contributed by atoms with Crippen LogP contribution in [-0.2, 0) is 9.59 Å². The molecule has 1 aromatic rings. The van der Waals surface area contributed by atoms with Crippen molar-refractivity contribution in [2.75, 3.05) is 6.26 Å². The normalized spacial score (nSPS) is 11.7. The van der Waals surface area contributed by atoms with E-state index < -0.39 is 23.8 Å². The number of hydrogen-bond donors (Lipinski definition) is 3. The molecule has 4 N–H and O–H groups in total. The molecule has 0 aliphatic rings. The number of benzene rings is 1. The molecule has 6 nitrogen and oxygen atoms in total. The van der Waals surface area contributed by atoms with E-state index in [2.05, 4.69) is 5.32 Å². The summed E-state index contributed by atoms with van der Waals surface area (Å²) in [7, 11) is 0. The molecular formula is C14H18N2O4S. The summed E-state index contributed by atoms with van der Waals surface area (Å²) in [6.45, 7) is 1.78. The van der Waals surface area contributed by atoms with E-state index in [-0.39, 0.29) is 12.8 Å². The van der Waals surface area contributed by atoms with Gasteiger partial charge in [0.05, 0.1) is 0 Å². The molecule has 0 radical (unpaired) electrons. The number of carboxylic acid groups (broad SMARTS) is 1. The summed E-state index contributed by atoms with van der Waals surface area (Å²) in [5.74, 6) is -2.26. The summed E-state index contributed by atoms with van der Waals surface area (Å²) in [4.78, 5) is 35.0. The maximum absolute atomic E-state index is 12.2. The largest absolute Gasteiger partial charge is 0.480 e. The number of primary amides is 1. The van der Waals surface area contributed by atoms with E-state index in [0.717, 1.165) is 10.5 Å². The van der Waals surface area contributed by atoms with Crippen LogP contribution in [0.3, 0.4) is 0 Å². The number of nitrogens with one attached hydrogen (secondary N) is 1. The van der Waals surface area contributed by atoms with Gasteiger partial charge in [-0.1, -0.05) is 6.07 Å². The summed E-state index contributed by atoms with van der Waals surface area (Å²) in [5.41, 5.74) is 6.17. The Morgan fingerprint density at radius 2 is 2.05 bits per heavy atom. The first-order valence-corrected chi connectivity index (χ1v) is 7.54. The second-order valence-corrected chi connectivity index (χ2v) is 5.43. The van der Waals surface area contributed by atoms with E-state index in [1.165, 1.54) is 11.8 Å². The first-order valence-electron chi connectivity index (χ1n) is 6.31. The van der Waals surface area contributed by atoms with Crippen molar-refractivity contribution in [3.8, 4) is 0 Å². The van der Waals surface area contributed by atoms with E-state index in [9.17, 15) is 14.4 Å². The van der Waals surface area contributed by atoms with E-state index in [1.807, 2.05) is 12.3 Å². The van der Waals surface area contributed by atoms with Crippen molar-refractivity contribution in [2.45, 2.75) is 30.7 Å². The molecule has 114 valence electrons. The highest BCUT2D eigenvalue weighted by Gasteiger charge is 2.22. The Morgan fingerprint density at radius 1 is 1.38 bits per heavy atom. The van der Waals surface area contributed by atoms with Gasteiger partial charge in [-0.2, -0.15) is 0 Å². The lowest BCUT2D eigenvalue weighted by molar-refractivity contribution is -0.139. The number of nitrogens with two attached hydrogens (primary N) is 1. The van der Waals surface area contributed by atoms with Gasteiger partial charge in [0.2, 0.25) is 5.91 Å². The van der Waals surface area contributed by atoms with Gasteiger partial charge in [-0.15, -0.1) is 11.8 Å². The highest BCUT2D eigenvalue weighted by molar-refractivity contribution is 7.98. The monoisotopic (exact) mass is 310 g/mol. The van der Waals surface area contributed by atoms with Crippen molar-refractivity contribution < 1.29 is 19.5 Å². The summed E-state index contributed by atoms with van der Waals surface area (Å²) in [6, 6.07) is 4.27. The van der Waals surface area contributed by atoms with Gasteiger partial charge in [0.25, 0.3) is 5.91 Å². The van der Waals surface area contributed by atoms with Crippen LogP contribution in [0.15, 0.2) is 23.1 Å². The zero-order valence-corrected chi connectivity index (χ0v) is 12.7. The van der Waals surface area contributed by atoms with Crippen molar-refractivity contribution in [2.24, 2.45) is 5.73 Å². The van der Waals surface area contributed by atoms with Crippen LogP contribution in [0, 0.1) is 6.92 Å². The van der Waals surface area contributed by atoms with Crippen molar-refractivity contribution in [3.63, 3.8) is 0 Å². The molecule has 21 heavy (non-hydrogen) atoms. The first-order chi connectivity index (χ1) is 9.85. The maximum atomic E-state index is 12.2. The van der Waals surface area contributed by atoms with Crippen molar-refractivity contribution in [1.29, 1.82) is 0 Å². The Morgan fingerprint density at radius 3 is 2.57 bits per heavy atom. The Bertz CT molecular complexity index is 560. The quantitative estimate of drug-likeness (QED) is 0.655. The molecule has 0 fully saturated rings. The average Bonchev–Trinajstić information content (AvgIpc) is 2.43. The molecular weight excluding hydrogens is 292 g/mol. The molecule has 1 aromatic carbocycles. The molecule has 0 bridgehead atoms. The lowest BCUT2D eigenvalue weighted by Gasteiger charge is -2.15. The minimum Gasteiger partial charge on any atom is -0.480 e. The standard InChI is InChI=1S/C14H18N2O4S/c1-8-3-4-9(21-2)7-10(8)13(18)16-11(14(19)20)5-6-12(15)17/h3-4,7,11H,5-6H2,1-2H3,(H2,15,17)(H,16,18)(H,19,20)/t11-/m1/s1. The smallest absolute Gasteiger partial charge is 0.326 e. The molecule has 2 amide bonds. The van der Waals surface area contributed by atoms with Gasteiger partial charge in [0, 0.05) is 16.9 Å². The summed E-state index contributed by atoms with van der Waals surface area (Å²) < 4.78 is 0. The number of carbonyl (C=O) groups excluding carboxylic acids is 2. The number of carboxylic acids is 1. The zero-order chi connectivity index (χ0) is 16.0. The van der Waals surface area contributed by atoms with Gasteiger partial charge >= 0.3 is 5.97 Å². The molecule has 0 saturated heterocycles. The van der Waals surface area contributed by atoms with Crippen LogP contribution in [0.2, 0.25) is 0 Å². The molecule has 1 rings (SSSR count). The summed E-state index contributed by atoms with van der Waals surface area (Å²) in [5, 5.41) is 11.5. The number of aryl methyl sites for hydroxylation is 1. The van der Waals surface area contributed by atoms with E-state index >= 15 is 0 Å². The average molecular weight is 310 g/mol. The highest BCUT2D eigenvalue weighted by Crippen LogP contribution is 2.19. The van der Waals surface area contributed by atoms with Crippen LogP contribution in [-0.4, -0.2) is 35.2 Å². The molecule has 0 aliphatic heterocycles. The number of aliphatic carboxylic acids is 1. The third-order valence-electron chi connectivity index (χ3n) is 2.97. The Labute approximate surface area is 127 Å². The summed E-state index contributed by atoms with van der Waals surface area (Å²) >= 11 is 1.49. The minimum absolute atomic E-state index is 0.0301. The third kappa shape index (κ3) is 5.11. The molecule has 0 aromatic heterocycles. The highest BCUT2D eigenvalue weighted by atomic mass is 32.2. The van der Waals surface area contributed by atoms with Crippen LogP contribution in [0.4, 0.5) is 0 Å². The van der Waals surface area contributed by atoms with Crippen molar-refractivity contribution >= 4 is 29.5 Å². The summed E-state index contributed by atoms with van der Waals surface area (Å²) in [6.07, 6.45) is 1.76. The molecule has 1 atom stereocenters. The number of thioether (sulfide) groups is 1. The number of hydrogen-bond acceptors (Lipinski definition) is 4. The lowest BCUT2D eigenvalue weighted by Crippen LogP contribution is -2.41. The van der Waals surface area contributed by atoms with Gasteiger partial charge in [0.15, 0.2) is 0 Å². The van der Waals surface area contributed by atoms with Crippen LogP contribution in [0.5, 0.6) is 0 Å². The van der Waals surface area contributed by atoms with Crippen LogP contribution >= 0.6 is 11.8 Å². The Kier molecular flexibility index (Phi) is 6.23. The van der Waals surface area contributed by atoms with Gasteiger partial charge < -0.3 is 16.2 Å². The van der Waals surface area contributed by atoms with Crippen LogP contribution < -0.4 is 11.1 Å². The SMILES string of the molecule is CSc1ccc(C)c(C(=O)N[C@H](CCC(N)=O)C(=O)O)c1. The Balaban J connectivity index is 2.86. The lowest BCUT2D eigenvalue weighted by atomic mass is 10.1. The maximum Gasteiger partial charge on any atom is 0.326 e. The van der Waals surface area contributed by atoms with Gasteiger partial charge in [-0.05, 0) is 37.3 Å². The first kappa shape index (κ1) is 17.0. The topological polar surface area (TPSA) is 109 Å². The molecule has 0 saturated carbocycles. The van der Waals surface area contributed by atoms with Gasteiger partial charge in [0.1, 0.15) is 6.04 Å². The molecule has 0 unspecified atom stereocenters.